The van der Waals surface area contributed by atoms with Crippen LogP contribution in [-0.2, 0) is 0 Å². The summed E-state index contributed by atoms with van der Waals surface area (Å²) in [5.41, 5.74) is 0.713. The molecule has 0 aliphatic rings. The van der Waals surface area contributed by atoms with Gasteiger partial charge in [0.15, 0.2) is 5.78 Å². The van der Waals surface area contributed by atoms with E-state index in [-0.39, 0.29) is 5.78 Å². The number of carbonyl (C=O) groups is 1. The van der Waals surface area contributed by atoms with Crippen molar-refractivity contribution in [1.82, 2.24) is 4.34 Å². The molecule has 1 N–H and O–H groups in total. The number of benzene rings is 1. The van der Waals surface area contributed by atoms with E-state index in [4.69, 9.17) is 0 Å². The highest BCUT2D eigenvalue weighted by Gasteiger charge is 2.02. The Morgan fingerprint density at radius 3 is 2.42 bits per heavy atom. The third-order valence-electron chi connectivity index (χ3n) is 1.39. The molecule has 0 bridgehead atoms. The van der Waals surface area contributed by atoms with Gasteiger partial charge >= 0.3 is 0 Å². The predicted octanol–water partition coefficient (Wildman–Crippen LogP) is 2.53. The second kappa shape index (κ2) is 4.74. The van der Waals surface area contributed by atoms with Crippen LogP contribution in [-0.4, -0.2) is 12.3 Å². The van der Waals surface area contributed by atoms with Gasteiger partial charge in [-0.25, -0.2) is 4.34 Å². The number of Topliss-reactive ketones (excluding diaryl/α,β-unsaturated/α-hetero) is 1. The average molecular weight is 293 g/mol. The third kappa shape index (κ3) is 2.69. The van der Waals surface area contributed by atoms with Gasteiger partial charge in [-0.15, -0.1) is 0 Å². The number of ketones is 1. The van der Waals surface area contributed by atoms with E-state index in [1.54, 1.807) is 12.1 Å². The van der Waals surface area contributed by atoms with Gasteiger partial charge in [0, 0.05) is 26.2 Å². The molecule has 0 aliphatic carbocycles. The normalized spacial score (nSPS) is 9.83. The van der Waals surface area contributed by atoms with Gasteiger partial charge in [-0.2, -0.15) is 0 Å². The van der Waals surface area contributed by atoms with Crippen LogP contribution < -0.4 is 4.34 Å². The molecule has 0 saturated carbocycles. The molecule has 64 valence electrons. The fraction of sp³-hybridized carbons (Fsp3) is 0.125. The SMILES string of the molecule is O=C(CNBr)c1ccc(Br)cc1. The molecule has 0 saturated heterocycles. The number of hydrogen-bond donors (Lipinski definition) is 1. The predicted molar refractivity (Wildman–Crippen MR) is 55.4 cm³/mol. The summed E-state index contributed by atoms with van der Waals surface area (Å²) in [6.45, 7) is 0.307. The molecule has 0 unspecified atom stereocenters. The van der Waals surface area contributed by atoms with Crippen LogP contribution in [0, 0.1) is 0 Å². The highest BCUT2D eigenvalue weighted by molar-refractivity contribution is 9.10. The first-order valence-corrected chi connectivity index (χ1v) is 4.95. The Balaban J connectivity index is 2.75. The monoisotopic (exact) mass is 291 g/mol. The molecule has 1 aromatic carbocycles. The third-order valence-corrected chi connectivity index (χ3v) is 2.20. The fourth-order valence-electron chi connectivity index (χ4n) is 0.799. The first-order chi connectivity index (χ1) is 5.74. The standard InChI is InChI=1S/C8H7Br2NO/c9-7-3-1-6(2-4-7)8(12)5-11-10/h1-4,11H,5H2. The molecule has 12 heavy (non-hydrogen) atoms. The van der Waals surface area contributed by atoms with Crippen molar-refractivity contribution in [1.29, 1.82) is 0 Å². The van der Waals surface area contributed by atoms with E-state index in [2.05, 4.69) is 36.4 Å². The molecular formula is C8H7Br2NO. The Hall–Kier alpha value is -0.190. The van der Waals surface area contributed by atoms with Gasteiger partial charge in [-0.1, -0.05) is 28.1 Å². The van der Waals surface area contributed by atoms with Crippen LogP contribution in [0.4, 0.5) is 0 Å². The van der Waals surface area contributed by atoms with E-state index in [0.29, 0.717) is 12.1 Å². The highest BCUT2D eigenvalue weighted by Crippen LogP contribution is 2.10. The summed E-state index contributed by atoms with van der Waals surface area (Å²) in [7, 11) is 0. The second-order valence-electron chi connectivity index (χ2n) is 2.24. The molecule has 1 aromatic rings. The van der Waals surface area contributed by atoms with Crippen LogP contribution >= 0.6 is 32.1 Å². The van der Waals surface area contributed by atoms with E-state index < -0.39 is 0 Å². The zero-order valence-corrected chi connectivity index (χ0v) is 9.35. The lowest BCUT2D eigenvalue weighted by atomic mass is 10.1. The first kappa shape index (κ1) is 9.89. The molecule has 0 fully saturated rings. The van der Waals surface area contributed by atoms with Gasteiger partial charge in [0.2, 0.25) is 0 Å². The summed E-state index contributed by atoms with van der Waals surface area (Å²) < 4.78 is 3.61. The van der Waals surface area contributed by atoms with Crippen molar-refractivity contribution in [2.45, 2.75) is 0 Å². The van der Waals surface area contributed by atoms with Crippen LogP contribution in [0.25, 0.3) is 0 Å². The Labute approximate surface area is 87.8 Å². The van der Waals surface area contributed by atoms with Crippen molar-refractivity contribution in [2.75, 3.05) is 6.54 Å². The number of hydrogen-bond acceptors (Lipinski definition) is 2. The molecule has 0 radical (unpaired) electrons. The van der Waals surface area contributed by atoms with Crippen molar-refractivity contribution >= 4 is 37.9 Å². The maximum atomic E-state index is 11.2. The molecule has 0 aliphatic heterocycles. The zero-order chi connectivity index (χ0) is 8.97. The van der Waals surface area contributed by atoms with Crippen molar-refractivity contribution in [3.05, 3.63) is 34.3 Å². The fourth-order valence-corrected chi connectivity index (χ4v) is 1.32. The highest BCUT2D eigenvalue weighted by atomic mass is 79.9. The molecular weight excluding hydrogens is 286 g/mol. The van der Waals surface area contributed by atoms with Crippen LogP contribution in [0.5, 0.6) is 0 Å². The van der Waals surface area contributed by atoms with Gasteiger partial charge in [0.05, 0.1) is 6.54 Å². The summed E-state index contributed by atoms with van der Waals surface area (Å²) in [4.78, 5) is 11.2. The van der Waals surface area contributed by atoms with Gasteiger partial charge < -0.3 is 0 Å². The molecule has 4 heteroatoms. The van der Waals surface area contributed by atoms with E-state index in [1.807, 2.05) is 12.1 Å². The number of carbonyl (C=O) groups excluding carboxylic acids is 1. The van der Waals surface area contributed by atoms with Crippen LogP contribution in [0.15, 0.2) is 28.7 Å². The minimum absolute atomic E-state index is 0.0689. The van der Waals surface area contributed by atoms with E-state index in [1.165, 1.54) is 0 Å². The van der Waals surface area contributed by atoms with Gasteiger partial charge in [-0.05, 0) is 12.1 Å². The Morgan fingerprint density at radius 1 is 1.33 bits per heavy atom. The number of rotatable bonds is 3. The summed E-state index contributed by atoms with van der Waals surface area (Å²) in [6.07, 6.45) is 0. The lowest BCUT2D eigenvalue weighted by molar-refractivity contribution is 0.0998. The maximum Gasteiger partial charge on any atom is 0.177 e. The Bertz CT molecular complexity index is 271. The van der Waals surface area contributed by atoms with Gasteiger partial charge in [0.25, 0.3) is 0 Å². The zero-order valence-electron chi connectivity index (χ0n) is 6.18. The average Bonchev–Trinajstić information content (AvgIpc) is 2.06. The topological polar surface area (TPSA) is 29.1 Å². The molecule has 0 spiro atoms. The summed E-state index contributed by atoms with van der Waals surface area (Å²) >= 11 is 6.28. The summed E-state index contributed by atoms with van der Waals surface area (Å²) in [6, 6.07) is 7.27. The van der Waals surface area contributed by atoms with Crippen molar-refractivity contribution in [3.8, 4) is 0 Å². The van der Waals surface area contributed by atoms with Gasteiger partial charge in [-0.3, -0.25) is 4.79 Å². The summed E-state index contributed by atoms with van der Waals surface area (Å²) in [5, 5.41) is 0. The minimum atomic E-state index is 0.0689. The number of nitrogens with one attached hydrogen (secondary N) is 1. The molecule has 0 atom stereocenters. The lowest BCUT2D eigenvalue weighted by Crippen LogP contribution is -2.13. The largest absolute Gasteiger partial charge is 0.293 e. The van der Waals surface area contributed by atoms with Crippen LogP contribution in [0.3, 0.4) is 0 Å². The quantitative estimate of drug-likeness (QED) is 0.685. The first-order valence-electron chi connectivity index (χ1n) is 3.36. The minimum Gasteiger partial charge on any atom is -0.293 e. The smallest absolute Gasteiger partial charge is 0.177 e. The molecule has 1 rings (SSSR count). The lowest BCUT2D eigenvalue weighted by Gasteiger charge is -1.98. The summed E-state index contributed by atoms with van der Waals surface area (Å²) in [5.74, 6) is 0.0689. The molecule has 0 aromatic heterocycles. The van der Waals surface area contributed by atoms with Crippen LogP contribution in [0.2, 0.25) is 0 Å². The Morgan fingerprint density at radius 2 is 1.92 bits per heavy atom. The maximum absolute atomic E-state index is 11.2. The van der Waals surface area contributed by atoms with E-state index in [9.17, 15) is 4.79 Å². The molecule has 2 nitrogen and oxygen atoms in total. The molecule has 0 amide bonds. The van der Waals surface area contributed by atoms with Crippen molar-refractivity contribution in [2.24, 2.45) is 0 Å². The van der Waals surface area contributed by atoms with Gasteiger partial charge in [0.1, 0.15) is 0 Å². The Kier molecular flexibility index (Phi) is 3.91. The van der Waals surface area contributed by atoms with Crippen molar-refractivity contribution < 1.29 is 4.79 Å². The van der Waals surface area contributed by atoms with E-state index in [0.717, 1.165) is 4.47 Å². The number of halogens is 2. The second-order valence-corrected chi connectivity index (χ2v) is 3.72. The van der Waals surface area contributed by atoms with E-state index >= 15 is 0 Å². The van der Waals surface area contributed by atoms with Crippen molar-refractivity contribution in [3.63, 3.8) is 0 Å². The van der Waals surface area contributed by atoms with Crippen LogP contribution in [0.1, 0.15) is 10.4 Å². The molecule has 0 heterocycles.